The van der Waals surface area contributed by atoms with Crippen LogP contribution in [0.1, 0.15) is 5.56 Å². The largest absolute Gasteiger partial charge is 0.491 e. The fourth-order valence-corrected chi connectivity index (χ4v) is 1.71. The summed E-state index contributed by atoms with van der Waals surface area (Å²) in [6.07, 6.45) is 1.12. The summed E-state index contributed by atoms with van der Waals surface area (Å²) >= 11 is 0. The number of benzene rings is 1. The van der Waals surface area contributed by atoms with Crippen molar-refractivity contribution in [1.82, 2.24) is 10.1 Å². The number of halogens is 1. The zero-order chi connectivity index (χ0) is 11.1. The van der Waals surface area contributed by atoms with Gasteiger partial charge in [-0.3, -0.25) is 0 Å². The Morgan fingerprint density at radius 1 is 1.44 bits per heavy atom. The first-order valence-corrected chi connectivity index (χ1v) is 4.64. The van der Waals surface area contributed by atoms with Gasteiger partial charge in [0.05, 0.1) is 12.2 Å². The molecule has 16 heavy (non-hydrogen) atoms. The van der Waals surface area contributed by atoms with Crippen molar-refractivity contribution < 1.29 is 18.6 Å². The lowest BCUT2D eigenvalue weighted by molar-refractivity contribution is 0.275. The third-order valence-electron chi connectivity index (χ3n) is 2.49. The first-order chi connectivity index (χ1) is 7.75. The van der Waals surface area contributed by atoms with E-state index in [1.54, 1.807) is 0 Å². The van der Waals surface area contributed by atoms with Crippen molar-refractivity contribution in [1.29, 1.82) is 0 Å². The molecular formula is C9H6BFN2O3. The molecule has 0 saturated carbocycles. The van der Waals surface area contributed by atoms with E-state index in [4.69, 9.17) is 4.65 Å². The molecule has 0 radical (unpaired) electrons. The predicted molar refractivity (Wildman–Crippen MR) is 52.1 cm³/mol. The number of hydrogen-bond donors (Lipinski definition) is 1. The summed E-state index contributed by atoms with van der Waals surface area (Å²) in [5.41, 5.74) is 1.37. The lowest BCUT2D eigenvalue weighted by Crippen LogP contribution is -2.28. The van der Waals surface area contributed by atoms with Gasteiger partial charge >= 0.3 is 7.12 Å². The van der Waals surface area contributed by atoms with Crippen molar-refractivity contribution >= 4 is 12.6 Å². The summed E-state index contributed by atoms with van der Waals surface area (Å²) in [6.45, 7) is 0.208. The zero-order valence-electron chi connectivity index (χ0n) is 8.05. The van der Waals surface area contributed by atoms with Gasteiger partial charge in [-0.05, 0) is 23.2 Å². The number of fused-ring (bicyclic) bond motifs is 1. The molecule has 0 fully saturated rings. The highest BCUT2D eigenvalue weighted by molar-refractivity contribution is 6.61. The Kier molecular flexibility index (Phi) is 2.01. The molecule has 1 aromatic heterocycles. The third-order valence-corrected chi connectivity index (χ3v) is 2.49. The SMILES string of the molecule is OB1OCc2cc(F)c(-c3ncon3)cc21. The van der Waals surface area contributed by atoms with Gasteiger partial charge in [-0.1, -0.05) is 5.16 Å². The van der Waals surface area contributed by atoms with E-state index in [1.165, 1.54) is 12.1 Å². The van der Waals surface area contributed by atoms with Crippen LogP contribution in [0.25, 0.3) is 11.4 Å². The Morgan fingerprint density at radius 3 is 3.06 bits per heavy atom. The van der Waals surface area contributed by atoms with Crippen LogP contribution in [0.3, 0.4) is 0 Å². The van der Waals surface area contributed by atoms with Gasteiger partial charge in [0.2, 0.25) is 12.2 Å². The minimum Gasteiger partial charge on any atom is -0.423 e. The van der Waals surface area contributed by atoms with Crippen LogP contribution in [0.5, 0.6) is 0 Å². The second-order valence-electron chi connectivity index (χ2n) is 3.45. The minimum atomic E-state index is -1.01. The van der Waals surface area contributed by atoms with Crippen molar-refractivity contribution in [2.75, 3.05) is 0 Å². The van der Waals surface area contributed by atoms with E-state index in [0.29, 0.717) is 11.0 Å². The molecule has 2 heterocycles. The van der Waals surface area contributed by atoms with Crippen LogP contribution in [0.4, 0.5) is 4.39 Å². The van der Waals surface area contributed by atoms with E-state index >= 15 is 0 Å². The predicted octanol–water partition coefficient (Wildman–Crippen LogP) is 0.0934. The van der Waals surface area contributed by atoms with Crippen LogP contribution < -0.4 is 5.46 Å². The van der Waals surface area contributed by atoms with Crippen LogP contribution in [0.15, 0.2) is 23.0 Å². The fourth-order valence-electron chi connectivity index (χ4n) is 1.71. The van der Waals surface area contributed by atoms with Gasteiger partial charge in [0.25, 0.3) is 0 Å². The molecule has 0 saturated heterocycles. The van der Waals surface area contributed by atoms with Crippen LogP contribution in [-0.4, -0.2) is 22.3 Å². The average molecular weight is 220 g/mol. The highest BCUT2D eigenvalue weighted by Crippen LogP contribution is 2.21. The molecular weight excluding hydrogens is 214 g/mol. The molecule has 0 amide bonds. The molecule has 1 aliphatic heterocycles. The molecule has 7 heteroatoms. The van der Waals surface area contributed by atoms with Crippen molar-refractivity contribution in [3.8, 4) is 11.4 Å². The molecule has 0 spiro atoms. The molecule has 0 atom stereocenters. The zero-order valence-corrected chi connectivity index (χ0v) is 8.05. The quantitative estimate of drug-likeness (QED) is 0.690. The fraction of sp³-hybridized carbons (Fsp3) is 0.111. The van der Waals surface area contributed by atoms with Crippen molar-refractivity contribution in [2.24, 2.45) is 0 Å². The number of nitrogens with zero attached hydrogens (tertiary/aromatic N) is 2. The number of hydrogen-bond acceptors (Lipinski definition) is 5. The number of rotatable bonds is 1. The Balaban J connectivity index is 2.17. The van der Waals surface area contributed by atoms with E-state index in [-0.39, 0.29) is 18.0 Å². The third kappa shape index (κ3) is 1.33. The monoisotopic (exact) mass is 220 g/mol. The lowest BCUT2D eigenvalue weighted by atomic mass is 9.78. The van der Waals surface area contributed by atoms with Gasteiger partial charge in [0, 0.05) is 0 Å². The Morgan fingerprint density at radius 2 is 2.31 bits per heavy atom. The molecule has 1 N–H and O–H groups in total. The molecule has 5 nitrogen and oxygen atoms in total. The second-order valence-corrected chi connectivity index (χ2v) is 3.45. The van der Waals surface area contributed by atoms with Gasteiger partial charge in [-0.15, -0.1) is 0 Å². The van der Waals surface area contributed by atoms with Crippen molar-refractivity contribution in [3.63, 3.8) is 0 Å². The van der Waals surface area contributed by atoms with Crippen molar-refractivity contribution in [3.05, 3.63) is 29.9 Å². The molecule has 0 aliphatic carbocycles. The lowest BCUT2D eigenvalue weighted by Gasteiger charge is -2.02. The van der Waals surface area contributed by atoms with Gasteiger partial charge in [0.1, 0.15) is 5.82 Å². The van der Waals surface area contributed by atoms with Crippen molar-refractivity contribution in [2.45, 2.75) is 6.61 Å². The summed E-state index contributed by atoms with van der Waals surface area (Å²) in [4.78, 5) is 3.76. The Bertz CT molecular complexity index is 532. The first-order valence-electron chi connectivity index (χ1n) is 4.64. The Labute approximate surface area is 90.0 Å². The standard InChI is InChI=1S/C9H6BFN2O3/c11-8-1-5-3-15-10(14)7(5)2-6(8)9-12-4-16-13-9/h1-2,4,14H,3H2. The molecule has 0 bridgehead atoms. The maximum atomic E-state index is 13.7. The molecule has 1 aliphatic rings. The van der Waals surface area contributed by atoms with Gasteiger partial charge in [-0.2, -0.15) is 4.98 Å². The van der Waals surface area contributed by atoms with E-state index < -0.39 is 12.9 Å². The summed E-state index contributed by atoms with van der Waals surface area (Å²) < 4.78 is 23.2. The maximum absolute atomic E-state index is 13.7. The van der Waals surface area contributed by atoms with Gasteiger partial charge < -0.3 is 14.2 Å². The van der Waals surface area contributed by atoms with E-state index in [1.807, 2.05) is 0 Å². The van der Waals surface area contributed by atoms with Crippen LogP contribution in [0.2, 0.25) is 0 Å². The summed E-state index contributed by atoms with van der Waals surface area (Å²) in [5.74, 6) is -0.308. The second kappa shape index (κ2) is 3.39. The molecule has 3 rings (SSSR count). The molecule has 80 valence electrons. The molecule has 2 aromatic rings. The van der Waals surface area contributed by atoms with Gasteiger partial charge in [0.15, 0.2) is 0 Å². The van der Waals surface area contributed by atoms with E-state index in [9.17, 15) is 9.41 Å². The van der Waals surface area contributed by atoms with Crippen LogP contribution in [-0.2, 0) is 11.3 Å². The van der Waals surface area contributed by atoms with Crippen LogP contribution in [0, 0.1) is 5.82 Å². The topological polar surface area (TPSA) is 68.4 Å². The summed E-state index contributed by atoms with van der Waals surface area (Å²) in [6, 6.07) is 2.80. The maximum Gasteiger partial charge on any atom is 0.491 e. The first kappa shape index (κ1) is 9.50. The highest BCUT2D eigenvalue weighted by atomic mass is 19.1. The summed E-state index contributed by atoms with van der Waals surface area (Å²) in [7, 11) is -1.01. The van der Waals surface area contributed by atoms with Gasteiger partial charge in [-0.25, -0.2) is 4.39 Å². The Hall–Kier alpha value is -1.73. The van der Waals surface area contributed by atoms with E-state index in [2.05, 4.69) is 14.7 Å². The normalized spacial score (nSPS) is 14.2. The number of aromatic nitrogens is 2. The molecule has 0 unspecified atom stereocenters. The average Bonchev–Trinajstić information content (AvgIpc) is 2.88. The molecule has 1 aromatic carbocycles. The van der Waals surface area contributed by atoms with E-state index in [0.717, 1.165) is 6.39 Å². The van der Waals surface area contributed by atoms with Crippen LogP contribution >= 0.6 is 0 Å². The smallest absolute Gasteiger partial charge is 0.423 e. The minimum absolute atomic E-state index is 0.152. The highest BCUT2D eigenvalue weighted by Gasteiger charge is 2.29. The summed E-state index contributed by atoms with van der Waals surface area (Å²) in [5, 5.41) is 13.0.